The Labute approximate surface area is 116 Å². The zero-order chi connectivity index (χ0) is 15.6. The van der Waals surface area contributed by atoms with Gasteiger partial charge in [0.1, 0.15) is 18.4 Å². The fourth-order valence-corrected chi connectivity index (χ4v) is 1.54. The Bertz CT molecular complexity index is 717. The maximum absolute atomic E-state index is 11.9. The summed E-state index contributed by atoms with van der Waals surface area (Å²) in [6.45, 7) is -0.410. The smallest absolute Gasteiger partial charge is 0.339 e. The van der Waals surface area contributed by atoms with Gasteiger partial charge in [0.15, 0.2) is 5.69 Å². The number of aromatic nitrogens is 5. The standard InChI is InChI=1S/C10H10N6O5/c1-15-2-5(9(20)21)7(13-15)8(19)12-10-11-4-16(14-10)3-6(17)18/h2,4H,3H2,1H3,(H,17,18)(H,20,21)(H,12,14,19). The number of aliphatic carboxylic acids is 1. The van der Waals surface area contributed by atoms with E-state index < -0.39 is 24.4 Å². The Morgan fingerprint density at radius 3 is 2.62 bits per heavy atom. The summed E-state index contributed by atoms with van der Waals surface area (Å²) in [5.74, 6) is -3.36. The molecule has 21 heavy (non-hydrogen) atoms. The zero-order valence-electron chi connectivity index (χ0n) is 10.7. The van der Waals surface area contributed by atoms with Crippen molar-refractivity contribution < 1.29 is 24.6 Å². The fraction of sp³-hybridized carbons (Fsp3) is 0.200. The number of carbonyl (C=O) groups excluding carboxylic acids is 1. The molecule has 11 heteroatoms. The molecule has 2 aromatic heterocycles. The molecule has 0 radical (unpaired) electrons. The number of rotatable bonds is 5. The highest BCUT2D eigenvalue weighted by Crippen LogP contribution is 2.08. The molecule has 0 aliphatic rings. The highest BCUT2D eigenvalue weighted by Gasteiger charge is 2.22. The second kappa shape index (κ2) is 5.40. The normalized spacial score (nSPS) is 10.3. The van der Waals surface area contributed by atoms with Gasteiger partial charge >= 0.3 is 11.9 Å². The lowest BCUT2D eigenvalue weighted by Gasteiger charge is -1.98. The van der Waals surface area contributed by atoms with Crippen LogP contribution in [0.2, 0.25) is 0 Å². The Morgan fingerprint density at radius 1 is 1.29 bits per heavy atom. The molecular formula is C10H10N6O5. The van der Waals surface area contributed by atoms with Crippen molar-refractivity contribution in [2.45, 2.75) is 6.54 Å². The topological polar surface area (TPSA) is 152 Å². The van der Waals surface area contributed by atoms with Gasteiger partial charge in [0.05, 0.1) is 0 Å². The van der Waals surface area contributed by atoms with Crippen LogP contribution in [0.5, 0.6) is 0 Å². The molecule has 0 unspecified atom stereocenters. The Morgan fingerprint density at radius 2 is 2.00 bits per heavy atom. The summed E-state index contributed by atoms with van der Waals surface area (Å²) in [6.07, 6.45) is 2.31. The number of carbonyl (C=O) groups is 3. The molecule has 0 aliphatic carbocycles. The van der Waals surface area contributed by atoms with Crippen LogP contribution in [0.15, 0.2) is 12.5 Å². The molecule has 3 N–H and O–H groups in total. The van der Waals surface area contributed by atoms with Gasteiger partial charge in [-0.1, -0.05) is 0 Å². The summed E-state index contributed by atoms with van der Waals surface area (Å²) in [5.41, 5.74) is -0.556. The number of hydrogen-bond donors (Lipinski definition) is 3. The van der Waals surface area contributed by atoms with Crippen molar-refractivity contribution in [3.05, 3.63) is 23.8 Å². The quantitative estimate of drug-likeness (QED) is 0.637. The number of carboxylic acid groups (broad SMARTS) is 2. The van der Waals surface area contributed by atoms with Gasteiger partial charge in [-0.2, -0.15) is 5.10 Å². The summed E-state index contributed by atoms with van der Waals surface area (Å²) in [4.78, 5) is 37.1. The minimum absolute atomic E-state index is 0.150. The van der Waals surface area contributed by atoms with Gasteiger partial charge in [0, 0.05) is 13.2 Å². The molecule has 0 aromatic carbocycles. The first-order valence-electron chi connectivity index (χ1n) is 5.56. The van der Waals surface area contributed by atoms with E-state index in [0.29, 0.717) is 0 Å². The lowest BCUT2D eigenvalue weighted by molar-refractivity contribution is -0.137. The van der Waals surface area contributed by atoms with Gasteiger partial charge in [-0.3, -0.25) is 19.6 Å². The molecule has 0 fully saturated rings. The lowest BCUT2D eigenvalue weighted by atomic mass is 10.2. The average molecular weight is 294 g/mol. The first-order valence-corrected chi connectivity index (χ1v) is 5.56. The van der Waals surface area contributed by atoms with E-state index in [9.17, 15) is 14.4 Å². The molecule has 2 heterocycles. The third-order valence-corrected chi connectivity index (χ3v) is 2.33. The lowest BCUT2D eigenvalue weighted by Crippen LogP contribution is -2.17. The first kappa shape index (κ1) is 14.2. The predicted octanol–water partition coefficient (Wildman–Crippen LogP) is -0.953. The number of aromatic carboxylic acids is 1. The van der Waals surface area contributed by atoms with Crippen LogP contribution in [-0.4, -0.2) is 52.6 Å². The van der Waals surface area contributed by atoms with Gasteiger partial charge in [0.25, 0.3) is 5.91 Å². The average Bonchev–Trinajstić information content (AvgIpc) is 2.95. The maximum atomic E-state index is 11.9. The number of aryl methyl sites for hydroxylation is 1. The van der Waals surface area contributed by atoms with Crippen molar-refractivity contribution in [3.8, 4) is 0 Å². The molecule has 0 atom stereocenters. The predicted molar refractivity (Wildman–Crippen MR) is 65.8 cm³/mol. The van der Waals surface area contributed by atoms with Crippen molar-refractivity contribution >= 4 is 23.8 Å². The van der Waals surface area contributed by atoms with E-state index in [1.165, 1.54) is 17.9 Å². The molecule has 0 spiro atoms. The van der Waals surface area contributed by atoms with Gasteiger partial charge in [0.2, 0.25) is 5.95 Å². The number of hydrogen-bond acceptors (Lipinski definition) is 6. The third kappa shape index (κ3) is 3.20. The van der Waals surface area contributed by atoms with Crippen LogP contribution in [0, 0.1) is 0 Å². The minimum atomic E-state index is -1.29. The van der Waals surface area contributed by atoms with Gasteiger partial charge in [-0.25, -0.2) is 14.5 Å². The van der Waals surface area contributed by atoms with Gasteiger partial charge in [-0.15, -0.1) is 5.10 Å². The molecular weight excluding hydrogens is 284 g/mol. The van der Waals surface area contributed by atoms with E-state index in [-0.39, 0.29) is 17.2 Å². The molecule has 1 amide bonds. The monoisotopic (exact) mass is 294 g/mol. The summed E-state index contributed by atoms with van der Waals surface area (Å²) < 4.78 is 2.20. The molecule has 11 nitrogen and oxygen atoms in total. The van der Waals surface area contributed by atoms with Crippen LogP contribution in [0.1, 0.15) is 20.8 Å². The van der Waals surface area contributed by atoms with Gasteiger partial charge < -0.3 is 10.2 Å². The van der Waals surface area contributed by atoms with Crippen LogP contribution in [0.4, 0.5) is 5.95 Å². The summed E-state index contributed by atoms with van der Waals surface area (Å²) in [7, 11) is 1.48. The summed E-state index contributed by atoms with van der Waals surface area (Å²) in [6, 6.07) is 0. The molecule has 110 valence electrons. The highest BCUT2D eigenvalue weighted by atomic mass is 16.4. The second-order valence-corrected chi connectivity index (χ2v) is 3.98. The van der Waals surface area contributed by atoms with Crippen LogP contribution in [0.3, 0.4) is 0 Å². The van der Waals surface area contributed by atoms with E-state index in [1.807, 2.05) is 0 Å². The van der Waals surface area contributed by atoms with Crippen LogP contribution < -0.4 is 5.32 Å². The molecule has 0 saturated carbocycles. The molecule has 2 aromatic rings. The van der Waals surface area contributed by atoms with E-state index in [4.69, 9.17) is 10.2 Å². The molecule has 0 aliphatic heterocycles. The third-order valence-electron chi connectivity index (χ3n) is 2.33. The van der Waals surface area contributed by atoms with Crippen LogP contribution in [0.25, 0.3) is 0 Å². The van der Waals surface area contributed by atoms with Crippen molar-refractivity contribution in [3.63, 3.8) is 0 Å². The SMILES string of the molecule is Cn1cc(C(=O)O)c(C(=O)Nc2ncn(CC(=O)O)n2)n1. The molecule has 0 saturated heterocycles. The summed E-state index contributed by atoms with van der Waals surface area (Å²) >= 11 is 0. The van der Waals surface area contributed by atoms with Crippen LogP contribution in [-0.2, 0) is 18.4 Å². The van der Waals surface area contributed by atoms with Gasteiger partial charge in [-0.05, 0) is 0 Å². The van der Waals surface area contributed by atoms with E-state index in [1.54, 1.807) is 0 Å². The molecule has 0 bridgehead atoms. The van der Waals surface area contributed by atoms with E-state index in [2.05, 4.69) is 20.5 Å². The Balaban J connectivity index is 2.16. The second-order valence-electron chi connectivity index (χ2n) is 3.98. The number of carboxylic acids is 2. The Kier molecular flexibility index (Phi) is 3.65. The number of nitrogens with one attached hydrogen (secondary N) is 1. The van der Waals surface area contributed by atoms with Crippen molar-refractivity contribution in [1.82, 2.24) is 24.5 Å². The zero-order valence-corrected chi connectivity index (χ0v) is 10.7. The number of amides is 1. The largest absolute Gasteiger partial charge is 0.480 e. The van der Waals surface area contributed by atoms with Crippen LogP contribution >= 0.6 is 0 Å². The van der Waals surface area contributed by atoms with Crippen molar-refractivity contribution in [2.75, 3.05) is 5.32 Å². The number of anilines is 1. The van der Waals surface area contributed by atoms with Crippen molar-refractivity contribution in [1.29, 1.82) is 0 Å². The highest BCUT2D eigenvalue weighted by molar-refractivity contribution is 6.08. The first-order chi connectivity index (χ1) is 9.86. The Hall–Kier alpha value is -3.24. The summed E-state index contributed by atoms with van der Waals surface area (Å²) in [5, 5.41) is 27.3. The molecule has 2 rings (SSSR count). The minimum Gasteiger partial charge on any atom is -0.480 e. The van der Waals surface area contributed by atoms with Crippen molar-refractivity contribution in [2.24, 2.45) is 7.05 Å². The maximum Gasteiger partial charge on any atom is 0.339 e. The van der Waals surface area contributed by atoms with E-state index in [0.717, 1.165) is 11.0 Å². The van der Waals surface area contributed by atoms with E-state index >= 15 is 0 Å². The number of nitrogens with zero attached hydrogens (tertiary/aromatic N) is 5. The fourth-order valence-electron chi connectivity index (χ4n) is 1.54.